The number of nitrogens with zero attached hydrogens (tertiary/aromatic N) is 1. The van der Waals surface area contributed by atoms with Crippen LogP contribution in [0.4, 0.5) is 10.0 Å². The molecule has 1 heterocycles. The monoisotopic (exact) mass is 288 g/mol. The fourth-order valence-corrected chi connectivity index (χ4v) is 2.08. The smallest absolute Gasteiger partial charge is 0.341 e. The molecule has 104 valence electrons. The maximum absolute atomic E-state index is 11.7. The van der Waals surface area contributed by atoms with E-state index in [-0.39, 0.29) is 28.8 Å². The summed E-state index contributed by atoms with van der Waals surface area (Å²) in [7, 11) is 1.45. The van der Waals surface area contributed by atoms with Crippen LogP contribution in [0.2, 0.25) is 0 Å². The zero-order chi connectivity index (χ0) is 14.4. The summed E-state index contributed by atoms with van der Waals surface area (Å²) < 4.78 is 9.57. The van der Waals surface area contributed by atoms with Crippen molar-refractivity contribution >= 4 is 33.2 Å². The Kier molecular flexibility index (Phi) is 5.39. The topological polar surface area (TPSA) is 108 Å². The van der Waals surface area contributed by atoms with Crippen molar-refractivity contribution in [3.63, 3.8) is 0 Å². The second-order valence-electron chi connectivity index (χ2n) is 3.39. The molecule has 1 aromatic heterocycles. The predicted molar refractivity (Wildman–Crippen MR) is 67.4 cm³/mol. The van der Waals surface area contributed by atoms with Gasteiger partial charge in [-0.1, -0.05) is 0 Å². The number of rotatable bonds is 6. The van der Waals surface area contributed by atoms with Crippen molar-refractivity contribution in [2.75, 3.05) is 25.6 Å². The number of amides is 1. The lowest BCUT2D eigenvalue weighted by molar-refractivity contribution is -0.380. The van der Waals surface area contributed by atoms with Gasteiger partial charge in [-0.25, -0.2) is 4.79 Å². The number of carbonyl (C=O) groups excluding carboxylic acids is 2. The Balaban J connectivity index is 2.92. The molecule has 8 nitrogen and oxygen atoms in total. The van der Waals surface area contributed by atoms with Crippen LogP contribution in [0.25, 0.3) is 0 Å². The van der Waals surface area contributed by atoms with E-state index in [1.807, 2.05) is 0 Å². The lowest BCUT2D eigenvalue weighted by Crippen LogP contribution is -2.12. The van der Waals surface area contributed by atoms with Crippen molar-refractivity contribution in [2.24, 2.45) is 0 Å². The minimum Gasteiger partial charge on any atom is -0.460 e. The molecule has 1 aromatic rings. The summed E-state index contributed by atoms with van der Waals surface area (Å²) in [6, 6.07) is 1.07. The lowest BCUT2D eigenvalue weighted by Gasteiger charge is -2.04. The SMILES string of the molecule is COCCOC(=O)c1cc([N+](=O)[O-])sc1NC(C)=O. The van der Waals surface area contributed by atoms with Crippen LogP contribution in [-0.2, 0) is 14.3 Å². The van der Waals surface area contributed by atoms with Crippen molar-refractivity contribution in [2.45, 2.75) is 6.92 Å². The summed E-state index contributed by atoms with van der Waals surface area (Å²) in [6.07, 6.45) is 0. The normalized spacial score (nSPS) is 10.0. The van der Waals surface area contributed by atoms with Gasteiger partial charge in [0.25, 0.3) is 0 Å². The van der Waals surface area contributed by atoms with Crippen molar-refractivity contribution in [1.82, 2.24) is 0 Å². The molecule has 0 spiro atoms. The molecule has 0 atom stereocenters. The number of ether oxygens (including phenoxy) is 2. The fraction of sp³-hybridized carbons (Fsp3) is 0.400. The zero-order valence-corrected chi connectivity index (χ0v) is 11.1. The van der Waals surface area contributed by atoms with E-state index < -0.39 is 16.8 Å². The second kappa shape index (κ2) is 6.81. The van der Waals surface area contributed by atoms with Gasteiger partial charge in [0.05, 0.1) is 11.5 Å². The standard InChI is InChI=1S/C10H12N2O6S/c1-6(13)11-9-7(5-8(19-9)12(15)16)10(14)18-4-3-17-2/h5H,3-4H2,1-2H3,(H,11,13). The molecule has 1 N–H and O–H groups in total. The third kappa shape index (κ3) is 4.30. The summed E-state index contributed by atoms with van der Waals surface area (Å²) >= 11 is 0.700. The number of esters is 1. The van der Waals surface area contributed by atoms with Gasteiger partial charge in [-0.3, -0.25) is 14.9 Å². The molecular weight excluding hydrogens is 276 g/mol. The number of anilines is 1. The van der Waals surface area contributed by atoms with E-state index in [0.29, 0.717) is 11.3 Å². The predicted octanol–water partition coefficient (Wildman–Crippen LogP) is 1.42. The molecule has 0 radical (unpaired) electrons. The van der Waals surface area contributed by atoms with Crippen LogP contribution in [0.5, 0.6) is 0 Å². The van der Waals surface area contributed by atoms with Gasteiger partial charge in [-0.05, 0) is 11.3 Å². The molecule has 0 aliphatic carbocycles. The van der Waals surface area contributed by atoms with Gasteiger partial charge >= 0.3 is 11.0 Å². The van der Waals surface area contributed by atoms with Crippen molar-refractivity contribution in [3.8, 4) is 0 Å². The van der Waals surface area contributed by atoms with Gasteiger partial charge in [0.15, 0.2) is 0 Å². The van der Waals surface area contributed by atoms with Gasteiger partial charge in [0, 0.05) is 20.1 Å². The summed E-state index contributed by atoms with van der Waals surface area (Å²) in [5, 5.41) is 12.9. The molecule has 1 rings (SSSR count). The van der Waals surface area contributed by atoms with Crippen molar-refractivity contribution < 1.29 is 24.0 Å². The molecule has 19 heavy (non-hydrogen) atoms. The first kappa shape index (κ1) is 15.1. The number of carbonyl (C=O) groups is 2. The Morgan fingerprint density at radius 1 is 1.47 bits per heavy atom. The van der Waals surface area contributed by atoms with E-state index in [9.17, 15) is 19.7 Å². The average Bonchev–Trinajstić information content (AvgIpc) is 2.72. The minimum atomic E-state index is -0.745. The molecule has 0 saturated heterocycles. The first-order valence-electron chi connectivity index (χ1n) is 5.17. The van der Waals surface area contributed by atoms with E-state index >= 15 is 0 Å². The van der Waals surface area contributed by atoms with Crippen molar-refractivity contribution in [1.29, 1.82) is 0 Å². The molecule has 0 aliphatic heterocycles. The van der Waals surface area contributed by atoms with Gasteiger partial charge in [-0.15, -0.1) is 0 Å². The molecule has 0 aromatic carbocycles. The van der Waals surface area contributed by atoms with Crippen LogP contribution in [0.1, 0.15) is 17.3 Å². The Bertz CT molecular complexity index is 498. The molecule has 1 amide bonds. The van der Waals surface area contributed by atoms with Crippen LogP contribution >= 0.6 is 11.3 Å². The van der Waals surface area contributed by atoms with E-state index in [1.165, 1.54) is 14.0 Å². The average molecular weight is 288 g/mol. The molecular formula is C10H12N2O6S. The molecule has 0 unspecified atom stereocenters. The van der Waals surface area contributed by atoms with Crippen LogP contribution in [0, 0.1) is 10.1 Å². The van der Waals surface area contributed by atoms with Crippen molar-refractivity contribution in [3.05, 3.63) is 21.7 Å². The third-order valence-electron chi connectivity index (χ3n) is 1.93. The highest BCUT2D eigenvalue weighted by Gasteiger charge is 2.23. The van der Waals surface area contributed by atoms with Crippen LogP contribution in [-0.4, -0.2) is 37.1 Å². The molecule has 0 fully saturated rings. The number of thiophene rings is 1. The van der Waals surface area contributed by atoms with E-state index in [1.54, 1.807) is 0 Å². The summed E-state index contributed by atoms with van der Waals surface area (Å²) in [5.74, 6) is -1.17. The summed E-state index contributed by atoms with van der Waals surface area (Å²) in [4.78, 5) is 32.7. The van der Waals surface area contributed by atoms with Crippen LogP contribution < -0.4 is 5.32 Å². The highest BCUT2D eigenvalue weighted by atomic mass is 32.1. The summed E-state index contributed by atoms with van der Waals surface area (Å²) in [6.45, 7) is 1.48. The van der Waals surface area contributed by atoms with Gasteiger partial charge < -0.3 is 14.8 Å². The Hall–Kier alpha value is -2.00. The molecule has 0 aliphatic rings. The maximum atomic E-state index is 11.7. The van der Waals surface area contributed by atoms with E-state index in [0.717, 1.165) is 6.07 Å². The molecule has 0 bridgehead atoms. The Morgan fingerprint density at radius 3 is 2.68 bits per heavy atom. The van der Waals surface area contributed by atoms with Gasteiger partial charge in [-0.2, -0.15) is 0 Å². The number of nitrogens with one attached hydrogen (secondary N) is 1. The Morgan fingerprint density at radius 2 is 2.16 bits per heavy atom. The van der Waals surface area contributed by atoms with Crippen LogP contribution in [0.3, 0.4) is 0 Å². The van der Waals surface area contributed by atoms with Gasteiger partial charge in [0.1, 0.15) is 17.2 Å². The van der Waals surface area contributed by atoms with E-state index in [2.05, 4.69) is 5.32 Å². The largest absolute Gasteiger partial charge is 0.460 e. The first-order valence-corrected chi connectivity index (χ1v) is 5.99. The molecule has 0 saturated carbocycles. The number of hydrogen-bond donors (Lipinski definition) is 1. The Labute approximate surface area is 112 Å². The highest BCUT2D eigenvalue weighted by molar-refractivity contribution is 7.19. The zero-order valence-electron chi connectivity index (χ0n) is 10.3. The minimum absolute atomic E-state index is 0.0263. The third-order valence-corrected chi connectivity index (χ3v) is 2.93. The lowest BCUT2D eigenvalue weighted by atomic mass is 10.3. The van der Waals surface area contributed by atoms with Gasteiger partial charge in [0.2, 0.25) is 5.91 Å². The molecule has 9 heteroatoms. The second-order valence-corrected chi connectivity index (χ2v) is 4.43. The number of hydrogen-bond acceptors (Lipinski definition) is 7. The summed E-state index contributed by atoms with van der Waals surface area (Å²) in [5.41, 5.74) is -0.0389. The fourth-order valence-electron chi connectivity index (χ4n) is 1.17. The maximum Gasteiger partial charge on any atom is 0.341 e. The highest BCUT2D eigenvalue weighted by Crippen LogP contribution is 2.34. The number of methoxy groups -OCH3 is 1. The van der Waals surface area contributed by atoms with E-state index in [4.69, 9.17) is 9.47 Å². The quantitative estimate of drug-likeness (QED) is 0.367. The first-order chi connectivity index (χ1) is 8.95. The van der Waals surface area contributed by atoms with Crippen LogP contribution in [0.15, 0.2) is 6.07 Å². The number of nitro groups is 1.